The number of amides is 1. The molecule has 1 atom stereocenters. The molecule has 1 fully saturated rings. The Labute approximate surface area is 165 Å². The van der Waals surface area contributed by atoms with Gasteiger partial charge in [0.15, 0.2) is 0 Å². The van der Waals surface area contributed by atoms with Gasteiger partial charge < -0.3 is 5.32 Å². The molecule has 0 radical (unpaired) electrons. The molecule has 0 bridgehead atoms. The Morgan fingerprint density at radius 1 is 1.11 bits per heavy atom. The maximum absolute atomic E-state index is 12.8. The minimum Gasteiger partial charge on any atom is -0.355 e. The molecule has 1 aliphatic rings. The van der Waals surface area contributed by atoms with E-state index < -0.39 is 10.0 Å². The summed E-state index contributed by atoms with van der Waals surface area (Å²) in [6.45, 7) is 1.18. The first-order chi connectivity index (χ1) is 13.0. The lowest BCUT2D eigenvalue weighted by atomic mass is 9.99. The van der Waals surface area contributed by atoms with Crippen LogP contribution in [0.2, 0.25) is 5.02 Å². The minimum absolute atomic E-state index is 0.0815. The molecule has 3 rings (SSSR count). The molecule has 1 saturated heterocycles. The summed E-state index contributed by atoms with van der Waals surface area (Å²) in [7, 11) is -3.61. The third-order valence-corrected chi connectivity index (χ3v) is 6.89. The molecule has 144 valence electrons. The second kappa shape index (κ2) is 8.87. The molecular formula is C20H23ClN2O3S. The van der Waals surface area contributed by atoms with Crippen LogP contribution < -0.4 is 5.32 Å². The molecule has 1 unspecified atom stereocenters. The number of sulfonamides is 1. The van der Waals surface area contributed by atoms with Crippen molar-refractivity contribution < 1.29 is 13.2 Å². The first-order valence-electron chi connectivity index (χ1n) is 9.04. The van der Waals surface area contributed by atoms with Gasteiger partial charge in [-0.3, -0.25) is 4.79 Å². The average Bonchev–Trinajstić information content (AvgIpc) is 2.69. The van der Waals surface area contributed by atoms with Crippen LogP contribution in [0.5, 0.6) is 0 Å². The van der Waals surface area contributed by atoms with Crippen LogP contribution >= 0.6 is 11.6 Å². The highest BCUT2D eigenvalue weighted by Crippen LogP contribution is 2.24. The summed E-state index contributed by atoms with van der Waals surface area (Å²) >= 11 is 5.84. The number of rotatable bonds is 6. The number of hydrogen-bond acceptors (Lipinski definition) is 3. The van der Waals surface area contributed by atoms with E-state index >= 15 is 0 Å². The maximum Gasteiger partial charge on any atom is 0.243 e. The molecule has 0 spiro atoms. The van der Waals surface area contributed by atoms with E-state index in [2.05, 4.69) is 5.32 Å². The number of nitrogens with one attached hydrogen (secondary N) is 1. The van der Waals surface area contributed by atoms with Crippen molar-refractivity contribution in [1.29, 1.82) is 0 Å². The van der Waals surface area contributed by atoms with Gasteiger partial charge in [-0.1, -0.05) is 41.9 Å². The molecule has 1 heterocycles. The fourth-order valence-corrected chi connectivity index (χ4v) is 4.90. The fraction of sp³-hybridized carbons (Fsp3) is 0.350. The van der Waals surface area contributed by atoms with Crippen molar-refractivity contribution in [3.63, 3.8) is 0 Å². The number of halogens is 1. The second-order valence-corrected chi connectivity index (χ2v) is 9.06. The van der Waals surface area contributed by atoms with Crippen LogP contribution in [0.25, 0.3) is 0 Å². The summed E-state index contributed by atoms with van der Waals surface area (Å²) in [5, 5.41) is 3.43. The summed E-state index contributed by atoms with van der Waals surface area (Å²) in [6, 6.07) is 16.1. The molecule has 1 amide bonds. The zero-order valence-electron chi connectivity index (χ0n) is 15.0. The lowest BCUT2D eigenvalue weighted by Crippen LogP contribution is -2.45. The van der Waals surface area contributed by atoms with Gasteiger partial charge >= 0.3 is 0 Å². The topological polar surface area (TPSA) is 66.5 Å². The second-order valence-electron chi connectivity index (χ2n) is 6.68. The Bertz CT molecular complexity index is 870. The Morgan fingerprint density at radius 2 is 1.81 bits per heavy atom. The molecule has 0 aromatic heterocycles. The maximum atomic E-state index is 12.8. The van der Waals surface area contributed by atoms with Crippen molar-refractivity contribution in [3.05, 3.63) is 65.2 Å². The molecule has 27 heavy (non-hydrogen) atoms. The van der Waals surface area contributed by atoms with E-state index in [1.165, 1.54) is 16.4 Å². The van der Waals surface area contributed by atoms with Gasteiger partial charge in [0, 0.05) is 24.7 Å². The van der Waals surface area contributed by atoms with Crippen molar-refractivity contribution >= 4 is 27.5 Å². The van der Waals surface area contributed by atoms with E-state index in [9.17, 15) is 13.2 Å². The normalized spacial score (nSPS) is 18.2. The largest absolute Gasteiger partial charge is 0.355 e. The first-order valence-corrected chi connectivity index (χ1v) is 10.9. The summed E-state index contributed by atoms with van der Waals surface area (Å²) in [5.74, 6) is -0.404. The average molecular weight is 407 g/mol. The lowest BCUT2D eigenvalue weighted by Gasteiger charge is -2.31. The van der Waals surface area contributed by atoms with E-state index in [1.54, 1.807) is 12.1 Å². The predicted molar refractivity (Wildman–Crippen MR) is 106 cm³/mol. The smallest absolute Gasteiger partial charge is 0.243 e. The molecule has 1 aliphatic heterocycles. The van der Waals surface area contributed by atoms with E-state index in [1.807, 2.05) is 30.3 Å². The van der Waals surface area contributed by atoms with Crippen LogP contribution in [0, 0.1) is 5.92 Å². The van der Waals surface area contributed by atoms with Crippen molar-refractivity contribution in [1.82, 2.24) is 9.62 Å². The highest BCUT2D eigenvalue weighted by Gasteiger charge is 2.33. The third-order valence-electron chi connectivity index (χ3n) is 4.76. The number of carbonyl (C=O) groups excluding carboxylic acids is 1. The zero-order valence-corrected chi connectivity index (χ0v) is 16.5. The molecule has 1 N–H and O–H groups in total. The van der Waals surface area contributed by atoms with Crippen LogP contribution in [0.3, 0.4) is 0 Å². The highest BCUT2D eigenvalue weighted by molar-refractivity contribution is 7.89. The molecule has 0 saturated carbocycles. The zero-order chi connectivity index (χ0) is 19.3. The summed E-state index contributed by atoms with van der Waals surface area (Å²) in [6.07, 6.45) is 2.12. The van der Waals surface area contributed by atoms with Gasteiger partial charge in [-0.25, -0.2) is 8.42 Å². The van der Waals surface area contributed by atoms with E-state index in [-0.39, 0.29) is 23.3 Å². The van der Waals surface area contributed by atoms with Gasteiger partial charge in [0.1, 0.15) is 0 Å². The van der Waals surface area contributed by atoms with Crippen molar-refractivity contribution in [2.75, 3.05) is 19.6 Å². The Morgan fingerprint density at radius 3 is 2.52 bits per heavy atom. The summed E-state index contributed by atoms with van der Waals surface area (Å²) in [4.78, 5) is 12.7. The van der Waals surface area contributed by atoms with E-state index in [0.29, 0.717) is 31.0 Å². The van der Waals surface area contributed by atoms with Gasteiger partial charge in [0.05, 0.1) is 10.8 Å². The molecule has 0 aliphatic carbocycles. The van der Waals surface area contributed by atoms with Crippen LogP contribution in [-0.4, -0.2) is 38.3 Å². The Balaban J connectivity index is 1.58. The van der Waals surface area contributed by atoms with Crippen LogP contribution in [0.15, 0.2) is 59.5 Å². The number of carbonyl (C=O) groups is 1. The lowest BCUT2D eigenvalue weighted by molar-refractivity contribution is -0.126. The molecule has 5 nitrogen and oxygen atoms in total. The third kappa shape index (κ3) is 5.09. The van der Waals surface area contributed by atoms with Crippen molar-refractivity contribution in [3.8, 4) is 0 Å². The van der Waals surface area contributed by atoms with Crippen LogP contribution in [-0.2, 0) is 21.2 Å². The SMILES string of the molecule is O=C(NCCc1ccccc1)C1CCCN(S(=O)(=O)c2ccc(Cl)cc2)C1. The molecule has 2 aromatic carbocycles. The Kier molecular flexibility index (Phi) is 6.52. The predicted octanol–water partition coefficient (Wildman–Crippen LogP) is 3.10. The first kappa shape index (κ1) is 19.9. The molecule has 7 heteroatoms. The standard InChI is InChI=1S/C20H23ClN2O3S/c21-18-8-10-19(11-9-18)27(25,26)23-14-4-7-17(15-23)20(24)22-13-12-16-5-2-1-3-6-16/h1-3,5-6,8-11,17H,4,7,12-15H2,(H,22,24). The summed E-state index contributed by atoms with van der Waals surface area (Å²) < 4.78 is 27.0. The number of piperidine rings is 1. The van der Waals surface area contributed by atoms with Gasteiger partial charge in [0.25, 0.3) is 0 Å². The monoisotopic (exact) mass is 406 g/mol. The minimum atomic E-state index is -3.61. The molecule has 2 aromatic rings. The van der Waals surface area contributed by atoms with Gasteiger partial charge in [0.2, 0.25) is 15.9 Å². The fourth-order valence-electron chi connectivity index (χ4n) is 3.25. The Hall–Kier alpha value is -1.89. The number of benzene rings is 2. The van der Waals surface area contributed by atoms with Gasteiger partial charge in [-0.05, 0) is 49.1 Å². The van der Waals surface area contributed by atoms with E-state index in [0.717, 1.165) is 12.0 Å². The quantitative estimate of drug-likeness (QED) is 0.801. The number of hydrogen-bond donors (Lipinski definition) is 1. The van der Waals surface area contributed by atoms with Gasteiger partial charge in [-0.15, -0.1) is 0 Å². The van der Waals surface area contributed by atoms with Crippen molar-refractivity contribution in [2.45, 2.75) is 24.2 Å². The van der Waals surface area contributed by atoms with Crippen molar-refractivity contribution in [2.24, 2.45) is 5.92 Å². The number of nitrogens with zero attached hydrogens (tertiary/aromatic N) is 1. The van der Waals surface area contributed by atoms with E-state index in [4.69, 9.17) is 11.6 Å². The molecular weight excluding hydrogens is 384 g/mol. The van der Waals surface area contributed by atoms with Crippen LogP contribution in [0.1, 0.15) is 18.4 Å². The highest BCUT2D eigenvalue weighted by atomic mass is 35.5. The van der Waals surface area contributed by atoms with Crippen LogP contribution in [0.4, 0.5) is 0 Å². The summed E-state index contributed by atoms with van der Waals surface area (Å²) in [5.41, 5.74) is 1.16. The van der Waals surface area contributed by atoms with Gasteiger partial charge in [-0.2, -0.15) is 4.31 Å².